The Balaban J connectivity index is 1.83. The van der Waals surface area contributed by atoms with Gasteiger partial charge in [0.15, 0.2) is 0 Å². The van der Waals surface area contributed by atoms with Crippen LogP contribution < -0.4 is 4.74 Å². The average Bonchev–Trinajstić information content (AvgIpc) is 2.82. The average molecular weight is 275 g/mol. The Kier molecular flexibility index (Phi) is 3.05. The van der Waals surface area contributed by atoms with Gasteiger partial charge in [-0.1, -0.05) is 29.8 Å². The van der Waals surface area contributed by atoms with E-state index in [9.17, 15) is 5.11 Å². The number of phenolic OH excluding ortho intramolecular Hbond substituents is 1. The summed E-state index contributed by atoms with van der Waals surface area (Å²) in [4.78, 5) is 0. The first kappa shape index (κ1) is 11.9. The number of aromatic hydroxyl groups is 1. The van der Waals surface area contributed by atoms with Crippen LogP contribution >= 0.6 is 11.6 Å². The zero-order valence-electron chi connectivity index (χ0n) is 9.97. The highest BCUT2D eigenvalue weighted by atomic mass is 35.5. The number of benzene rings is 2. The first-order valence-electron chi connectivity index (χ1n) is 5.82. The fourth-order valence-electron chi connectivity index (χ4n) is 1.88. The maximum Gasteiger partial charge on any atom is 0.146 e. The Morgan fingerprint density at radius 3 is 2.74 bits per heavy atom. The second-order valence-corrected chi connectivity index (χ2v) is 4.53. The molecule has 0 spiro atoms. The summed E-state index contributed by atoms with van der Waals surface area (Å²) in [7, 11) is 0. The first-order chi connectivity index (χ1) is 9.24. The van der Waals surface area contributed by atoms with Crippen molar-refractivity contribution < 1.29 is 14.3 Å². The van der Waals surface area contributed by atoms with Crippen molar-refractivity contribution in [2.45, 2.75) is 6.61 Å². The molecule has 0 aliphatic carbocycles. The fraction of sp³-hybridized carbons (Fsp3) is 0.0667. The number of ether oxygens (including phenoxy) is 1. The zero-order valence-corrected chi connectivity index (χ0v) is 10.7. The molecule has 2 aromatic carbocycles. The Hall–Kier alpha value is -2.13. The Bertz CT molecular complexity index is 718. The molecule has 1 aromatic heterocycles. The van der Waals surface area contributed by atoms with Gasteiger partial charge in [0, 0.05) is 0 Å². The van der Waals surface area contributed by atoms with Crippen LogP contribution in [0.5, 0.6) is 11.5 Å². The third-order valence-electron chi connectivity index (χ3n) is 2.80. The molecule has 0 atom stereocenters. The summed E-state index contributed by atoms with van der Waals surface area (Å²) >= 11 is 6.00. The van der Waals surface area contributed by atoms with Crippen LogP contribution in [0.25, 0.3) is 11.0 Å². The molecule has 19 heavy (non-hydrogen) atoms. The molecule has 0 fully saturated rings. The van der Waals surface area contributed by atoms with E-state index in [0.717, 1.165) is 0 Å². The van der Waals surface area contributed by atoms with Crippen LogP contribution in [0.4, 0.5) is 0 Å². The summed E-state index contributed by atoms with van der Waals surface area (Å²) < 4.78 is 11.2. The summed E-state index contributed by atoms with van der Waals surface area (Å²) in [6.07, 6.45) is 0. The van der Waals surface area contributed by atoms with Gasteiger partial charge in [-0.25, -0.2) is 0 Å². The van der Waals surface area contributed by atoms with Crippen molar-refractivity contribution in [2.24, 2.45) is 0 Å². The van der Waals surface area contributed by atoms with E-state index in [4.69, 9.17) is 20.8 Å². The molecule has 0 unspecified atom stereocenters. The monoisotopic (exact) mass is 274 g/mol. The number of rotatable bonds is 3. The van der Waals surface area contributed by atoms with Crippen LogP contribution in [0.2, 0.25) is 5.02 Å². The van der Waals surface area contributed by atoms with Gasteiger partial charge in [-0.15, -0.1) is 0 Å². The van der Waals surface area contributed by atoms with Crippen LogP contribution in [-0.2, 0) is 6.61 Å². The highest BCUT2D eigenvalue weighted by Crippen LogP contribution is 2.29. The lowest BCUT2D eigenvalue weighted by molar-refractivity contribution is 0.274. The topological polar surface area (TPSA) is 42.6 Å². The maximum absolute atomic E-state index is 9.69. The molecule has 0 bridgehead atoms. The number of hydrogen-bond donors (Lipinski definition) is 1. The van der Waals surface area contributed by atoms with E-state index < -0.39 is 0 Å². The molecule has 0 saturated heterocycles. The van der Waals surface area contributed by atoms with E-state index in [1.807, 2.05) is 12.1 Å². The van der Waals surface area contributed by atoms with Crippen LogP contribution in [0.1, 0.15) is 5.76 Å². The fourth-order valence-corrected chi connectivity index (χ4v) is 2.07. The molecule has 0 radical (unpaired) electrons. The lowest BCUT2D eigenvalue weighted by Gasteiger charge is -2.05. The number of hydrogen-bond acceptors (Lipinski definition) is 3. The number of para-hydroxylation sites is 1. The lowest BCUT2D eigenvalue weighted by atomic mass is 10.2. The minimum absolute atomic E-state index is 0.199. The second-order valence-electron chi connectivity index (χ2n) is 4.12. The number of halogens is 1. The zero-order chi connectivity index (χ0) is 13.2. The molecular formula is C15H11ClO3. The van der Waals surface area contributed by atoms with Crippen LogP contribution in [0, 0.1) is 0 Å². The normalized spacial score (nSPS) is 10.8. The smallest absolute Gasteiger partial charge is 0.146 e. The minimum atomic E-state index is 0.199. The van der Waals surface area contributed by atoms with Gasteiger partial charge in [-0.3, -0.25) is 0 Å². The quantitative estimate of drug-likeness (QED) is 0.771. The van der Waals surface area contributed by atoms with E-state index >= 15 is 0 Å². The molecular weight excluding hydrogens is 264 g/mol. The van der Waals surface area contributed by atoms with Gasteiger partial charge in [-0.05, 0) is 30.3 Å². The molecule has 1 N–H and O–H groups in total. The van der Waals surface area contributed by atoms with Crippen molar-refractivity contribution in [3.05, 3.63) is 59.3 Å². The Morgan fingerprint density at radius 2 is 1.95 bits per heavy atom. The van der Waals surface area contributed by atoms with Gasteiger partial charge < -0.3 is 14.3 Å². The molecule has 0 amide bonds. The minimum Gasteiger partial charge on any atom is -0.507 e. The molecule has 3 aromatic rings. The molecule has 96 valence electrons. The predicted molar refractivity (Wildman–Crippen MR) is 73.7 cm³/mol. The van der Waals surface area contributed by atoms with Gasteiger partial charge in [0.2, 0.25) is 0 Å². The highest BCUT2D eigenvalue weighted by molar-refractivity contribution is 6.32. The summed E-state index contributed by atoms with van der Waals surface area (Å²) in [6.45, 7) is 0.262. The van der Waals surface area contributed by atoms with Crippen molar-refractivity contribution in [1.29, 1.82) is 0 Å². The largest absolute Gasteiger partial charge is 0.507 e. The molecule has 4 heteroatoms. The van der Waals surface area contributed by atoms with E-state index in [1.165, 1.54) is 0 Å². The van der Waals surface area contributed by atoms with Gasteiger partial charge in [0.1, 0.15) is 29.4 Å². The molecule has 1 heterocycles. The van der Waals surface area contributed by atoms with Crippen molar-refractivity contribution in [1.82, 2.24) is 0 Å². The van der Waals surface area contributed by atoms with E-state index in [2.05, 4.69) is 0 Å². The number of furan rings is 1. The summed E-state index contributed by atoms with van der Waals surface area (Å²) in [6, 6.07) is 14.2. The number of phenols is 1. The van der Waals surface area contributed by atoms with E-state index in [0.29, 0.717) is 27.5 Å². The van der Waals surface area contributed by atoms with Crippen molar-refractivity contribution in [2.75, 3.05) is 0 Å². The Labute approximate surface area is 115 Å². The van der Waals surface area contributed by atoms with Gasteiger partial charge in [0.05, 0.1) is 10.4 Å². The summed E-state index contributed by atoms with van der Waals surface area (Å²) in [5.74, 6) is 1.44. The van der Waals surface area contributed by atoms with E-state index in [1.54, 1.807) is 36.4 Å². The third kappa shape index (κ3) is 2.37. The van der Waals surface area contributed by atoms with Gasteiger partial charge >= 0.3 is 0 Å². The van der Waals surface area contributed by atoms with Crippen molar-refractivity contribution >= 4 is 22.6 Å². The van der Waals surface area contributed by atoms with Gasteiger partial charge in [0.25, 0.3) is 0 Å². The van der Waals surface area contributed by atoms with Crippen molar-refractivity contribution in [3.63, 3.8) is 0 Å². The van der Waals surface area contributed by atoms with Gasteiger partial charge in [-0.2, -0.15) is 0 Å². The van der Waals surface area contributed by atoms with Crippen LogP contribution in [0.3, 0.4) is 0 Å². The van der Waals surface area contributed by atoms with Crippen LogP contribution in [-0.4, -0.2) is 5.11 Å². The van der Waals surface area contributed by atoms with Crippen molar-refractivity contribution in [3.8, 4) is 11.5 Å². The first-order valence-corrected chi connectivity index (χ1v) is 6.19. The summed E-state index contributed by atoms with van der Waals surface area (Å²) in [5, 5.41) is 10.9. The number of fused-ring (bicyclic) bond motifs is 1. The molecule has 0 aliphatic rings. The van der Waals surface area contributed by atoms with Crippen LogP contribution in [0.15, 0.2) is 52.9 Å². The summed E-state index contributed by atoms with van der Waals surface area (Å²) in [5.41, 5.74) is 0.637. The molecule has 3 nitrogen and oxygen atoms in total. The maximum atomic E-state index is 9.69. The molecule has 0 saturated carbocycles. The SMILES string of the molecule is Oc1cccc2oc(COc3ccccc3Cl)cc12. The molecule has 3 rings (SSSR count). The lowest BCUT2D eigenvalue weighted by Crippen LogP contribution is -1.93. The van der Waals surface area contributed by atoms with E-state index in [-0.39, 0.29) is 12.4 Å². The predicted octanol–water partition coefficient (Wildman–Crippen LogP) is 4.37. The second kappa shape index (κ2) is 4.86. The third-order valence-corrected chi connectivity index (χ3v) is 3.11. The standard InChI is InChI=1S/C15H11ClO3/c16-12-4-1-2-6-15(12)18-9-10-8-11-13(17)5-3-7-14(11)19-10/h1-8,17H,9H2. The Morgan fingerprint density at radius 1 is 1.11 bits per heavy atom. The highest BCUT2D eigenvalue weighted by Gasteiger charge is 2.08. The molecule has 0 aliphatic heterocycles.